The topological polar surface area (TPSA) is 50.5 Å². The van der Waals surface area contributed by atoms with Crippen molar-refractivity contribution in [3.8, 4) is 0 Å². The Kier molecular flexibility index (Phi) is 3.00. The number of hydrogen-bond acceptors (Lipinski definition) is 2. The highest BCUT2D eigenvalue weighted by atomic mass is 16.5. The van der Waals surface area contributed by atoms with Gasteiger partial charge in [-0.25, -0.2) is 0 Å². The largest absolute Gasteiger partial charge is 0.696 e. The van der Waals surface area contributed by atoms with Crippen LogP contribution >= 0.6 is 0 Å². The van der Waals surface area contributed by atoms with E-state index in [-0.39, 0.29) is 0 Å². The third-order valence-electron chi connectivity index (χ3n) is 0.482. The van der Waals surface area contributed by atoms with Crippen molar-refractivity contribution in [2.45, 2.75) is 6.92 Å². The molecular formula is C3H9N3O. The van der Waals surface area contributed by atoms with Gasteiger partial charge in [-0.15, -0.1) is 0 Å². The molecule has 0 saturated carbocycles. The minimum Gasteiger partial charge on any atom is -0.696 e. The third-order valence-corrected chi connectivity index (χ3v) is 0.482. The molecular weight excluding hydrogens is 94.1 g/mol. The molecule has 0 aromatic rings. The molecule has 0 aliphatic heterocycles. The zero-order chi connectivity index (χ0) is 5.70. The highest BCUT2D eigenvalue weighted by Crippen LogP contribution is 1.66. The van der Waals surface area contributed by atoms with Crippen molar-refractivity contribution in [3.63, 3.8) is 0 Å². The van der Waals surface area contributed by atoms with E-state index < -0.39 is 0 Å². The standard InChI is InChI=1S/C3H9N3O/c1-3-6(7)5-4-2/h4H,3H2,1-2H3. The maximum absolute atomic E-state index is 10.1. The van der Waals surface area contributed by atoms with Crippen LogP contribution in [0, 0.1) is 5.21 Å². The van der Waals surface area contributed by atoms with E-state index in [1.807, 2.05) is 0 Å². The first-order valence-electron chi connectivity index (χ1n) is 2.13. The Balaban J connectivity index is 3.29. The SMILES string of the molecule is CC[N+]([O-])=NNC. The molecule has 0 aliphatic carbocycles. The average Bonchev–Trinajstić information content (AvgIpc) is 1.68. The van der Waals surface area contributed by atoms with Gasteiger partial charge in [0.1, 0.15) is 6.54 Å². The second-order valence-electron chi connectivity index (χ2n) is 0.992. The molecule has 0 bridgehead atoms. The zero-order valence-corrected chi connectivity index (χ0v) is 4.51. The predicted molar refractivity (Wildman–Crippen MR) is 25.7 cm³/mol. The second kappa shape index (κ2) is 3.39. The molecule has 1 N–H and O–H groups in total. The Morgan fingerprint density at radius 2 is 2.43 bits per heavy atom. The van der Waals surface area contributed by atoms with Gasteiger partial charge >= 0.3 is 0 Å². The molecule has 0 atom stereocenters. The van der Waals surface area contributed by atoms with Gasteiger partial charge in [-0.05, 0) is 6.92 Å². The number of nitrogens with one attached hydrogen (secondary N) is 1. The zero-order valence-electron chi connectivity index (χ0n) is 4.51. The van der Waals surface area contributed by atoms with Crippen LogP contribution in [0.25, 0.3) is 0 Å². The Bertz CT molecular complexity index is 70.6. The van der Waals surface area contributed by atoms with E-state index >= 15 is 0 Å². The molecule has 0 saturated heterocycles. The summed E-state index contributed by atoms with van der Waals surface area (Å²) in [6.45, 7) is 2.12. The minimum atomic E-state index is 0.390. The lowest BCUT2D eigenvalue weighted by Crippen LogP contribution is -2.05. The summed E-state index contributed by atoms with van der Waals surface area (Å²) in [5.74, 6) is 0. The van der Waals surface area contributed by atoms with Crippen molar-refractivity contribution in [1.29, 1.82) is 0 Å². The summed E-state index contributed by atoms with van der Waals surface area (Å²) < 4.78 is 0. The minimum absolute atomic E-state index is 0.390. The van der Waals surface area contributed by atoms with Crippen LogP contribution in [0.5, 0.6) is 0 Å². The fraction of sp³-hybridized carbons (Fsp3) is 1.00. The first kappa shape index (κ1) is 6.20. The summed E-state index contributed by atoms with van der Waals surface area (Å²) >= 11 is 0. The van der Waals surface area contributed by atoms with Crippen LogP contribution < -0.4 is 5.43 Å². The Labute approximate surface area is 42.4 Å². The lowest BCUT2D eigenvalue weighted by Gasteiger charge is -1.97. The fourth-order valence-corrected chi connectivity index (χ4v) is 0.182. The van der Waals surface area contributed by atoms with Crippen molar-refractivity contribution in [1.82, 2.24) is 5.43 Å². The molecule has 0 unspecified atom stereocenters. The molecule has 0 fully saturated rings. The summed E-state index contributed by atoms with van der Waals surface area (Å²) in [5, 5.41) is 13.4. The van der Waals surface area contributed by atoms with E-state index in [9.17, 15) is 5.21 Å². The molecule has 0 aromatic heterocycles. The second-order valence-corrected chi connectivity index (χ2v) is 0.992. The number of hydrogen-bond donors (Lipinski definition) is 1. The van der Waals surface area contributed by atoms with Crippen molar-refractivity contribution < 1.29 is 4.86 Å². The van der Waals surface area contributed by atoms with Crippen LogP contribution in [-0.2, 0) is 0 Å². The quantitative estimate of drug-likeness (QED) is 0.306. The van der Waals surface area contributed by atoms with Gasteiger partial charge in [0.15, 0.2) is 0 Å². The summed E-state index contributed by atoms with van der Waals surface area (Å²) in [5.41, 5.74) is 2.36. The molecule has 0 spiro atoms. The van der Waals surface area contributed by atoms with Gasteiger partial charge in [-0.2, -0.15) is 10.3 Å². The normalized spacial score (nSPS) is 11.4. The first-order valence-corrected chi connectivity index (χ1v) is 2.13. The first-order chi connectivity index (χ1) is 3.31. The van der Waals surface area contributed by atoms with E-state index in [2.05, 4.69) is 10.6 Å². The van der Waals surface area contributed by atoms with Gasteiger partial charge in [0.2, 0.25) is 0 Å². The molecule has 4 heteroatoms. The van der Waals surface area contributed by atoms with Crippen LogP contribution in [-0.4, -0.2) is 18.5 Å². The molecule has 0 rings (SSSR count). The predicted octanol–water partition coefficient (Wildman–Crippen LogP) is 0.103. The molecule has 7 heavy (non-hydrogen) atoms. The molecule has 0 aromatic carbocycles. The van der Waals surface area contributed by atoms with Gasteiger partial charge in [-0.3, -0.25) is 0 Å². The van der Waals surface area contributed by atoms with Crippen LogP contribution in [0.15, 0.2) is 5.22 Å². The molecule has 42 valence electrons. The van der Waals surface area contributed by atoms with Crippen LogP contribution in [0.1, 0.15) is 6.92 Å². The molecule has 0 radical (unpaired) electrons. The smallest absolute Gasteiger partial charge is 0.108 e. The van der Waals surface area contributed by atoms with E-state index in [4.69, 9.17) is 0 Å². The van der Waals surface area contributed by atoms with Crippen molar-refractivity contribution in [2.75, 3.05) is 13.6 Å². The van der Waals surface area contributed by atoms with E-state index in [0.29, 0.717) is 11.4 Å². The summed E-state index contributed by atoms with van der Waals surface area (Å²) in [6.07, 6.45) is 0. The van der Waals surface area contributed by atoms with Crippen LogP contribution in [0.2, 0.25) is 0 Å². The molecule has 0 aliphatic rings. The Morgan fingerprint density at radius 3 is 2.57 bits per heavy atom. The van der Waals surface area contributed by atoms with Crippen molar-refractivity contribution in [3.05, 3.63) is 5.21 Å². The third kappa shape index (κ3) is 3.02. The maximum atomic E-state index is 10.1. The van der Waals surface area contributed by atoms with Crippen molar-refractivity contribution >= 4 is 0 Å². The van der Waals surface area contributed by atoms with Gasteiger partial charge in [-0.1, -0.05) is 0 Å². The van der Waals surface area contributed by atoms with Crippen molar-refractivity contribution in [2.24, 2.45) is 5.22 Å². The fourth-order valence-electron chi connectivity index (χ4n) is 0.182. The van der Waals surface area contributed by atoms with E-state index in [1.165, 1.54) is 0 Å². The van der Waals surface area contributed by atoms with Gasteiger partial charge in [0.05, 0.1) is 12.3 Å². The number of rotatable bonds is 2. The molecule has 0 heterocycles. The van der Waals surface area contributed by atoms with Gasteiger partial charge < -0.3 is 5.21 Å². The lowest BCUT2D eigenvalue weighted by molar-refractivity contribution is -0.531. The molecule has 0 amide bonds. The lowest BCUT2D eigenvalue weighted by atomic mass is 10.8. The summed E-state index contributed by atoms with van der Waals surface area (Å²) in [7, 11) is 1.58. The van der Waals surface area contributed by atoms with E-state index in [0.717, 1.165) is 0 Å². The summed E-state index contributed by atoms with van der Waals surface area (Å²) in [4.78, 5) is 0.569. The average molecular weight is 103 g/mol. The van der Waals surface area contributed by atoms with Gasteiger partial charge in [0, 0.05) is 0 Å². The summed E-state index contributed by atoms with van der Waals surface area (Å²) in [6, 6.07) is 0. The molecule has 4 nitrogen and oxygen atoms in total. The number of hydroxylamine groups is 1. The highest BCUT2D eigenvalue weighted by molar-refractivity contribution is 4.04. The van der Waals surface area contributed by atoms with E-state index in [1.54, 1.807) is 14.0 Å². The number of nitrogens with zero attached hydrogens (tertiary/aromatic N) is 2. The van der Waals surface area contributed by atoms with Gasteiger partial charge in [0.25, 0.3) is 0 Å². The van der Waals surface area contributed by atoms with Crippen LogP contribution in [0.4, 0.5) is 0 Å². The Hall–Kier alpha value is -0.800. The maximum Gasteiger partial charge on any atom is 0.108 e. The highest BCUT2D eigenvalue weighted by Gasteiger charge is 1.74. The van der Waals surface area contributed by atoms with Crippen LogP contribution in [0.3, 0.4) is 0 Å². The Morgan fingerprint density at radius 1 is 1.86 bits per heavy atom. The monoisotopic (exact) mass is 103 g/mol.